The second-order valence-corrected chi connectivity index (χ2v) is 7.26. The largest absolute Gasteiger partial charge is 0.342 e. The molecule has 4 rings (SSSR count). The number of piperidine rings is 1. The molecule has 6 nitrogen and oxygen atoms in total. The SMILES string of the molecule is O=C1NC(=O)C2(CCN(C(=O)[C@@H]3C[C@H]3c3cccc(Cl)c3)CC2)N1. The summed E-state index contributed by atoms with van der Waals surface area (Å²) >= 11 is 6.02. The number of halogens is 1. The maximum atomic E-state index is 12.7. The number of nitrogens with one attached hydrogen (secondary N) is 2. The predicted molar refractivity (Wildman–Crippen MR) is 87.5 cm³/mol. The number of nitrogens with zero attached hydrogens (tertiary/aromatic N) is 1. The molecular weight excluding hydrogens is 330 g/mol. The number of carbonyl (C=O) groups excluding carboxylic acids is 3. The second kappa shape index (κ2) is 5.48. The molecule has 126 valence electrons. The van der Waals surface area contributed by atoms with Crippen LogP contribution in [0.4, 0.5) is 4.79 Å². The lowest BCUT2D eigenvalue weighted by Crippen LogP contribution is -2.56. The van der Waals surface area contributed by atoms with Crippen LogP contribution in [-0.4, -0.2) is 41.4 Å². The Morgan fingerprint density at radius 3 is 2.62 bits per heavy atom. The number of imide groups is 1. The molecule has 1 saturated carbocycles. The van der Waals surface area contributed by atoms with Gasteiger partial charge in [-0.25, -0.2) is 4.79 Å². The highest BCUT2D eigenvalue weighted by Crippen LogP contribution is 2.49. The van der Waals surface area contributed by atoms with Gasteiger partial charge in [-0.05, 0) is 42.9 Å². The number of benzene rings is 1. The van der Waals surface area contributed by atoms with Gasteiger partial charge in [0.15, 0.2) is 0 Å². The van der Waals surface area contributed by atoms with Gasteiger partial charge in [0, 0.05) is 24.0 Å². The first-order chi connectivity index (χ1) is 11.5. The molecule has 0 aromatic heterocycles. The molecule has 2 heterocycles. The predicted octanol–water partition coefficient (Wildman–Crippen LogP) is 1.64. The molecule has 3 aliphatic rings. The fraction of sp³-hybridized carbons (Fsp3) is 0.471. The number of carbonyl (C=O) groups is 3. The number of hydrogen-bond acceptors (Lipinski definition) is 3. The van der Waals surface area contributed by atoms with Crippen LogP contribution in [0.1, 0.15) is 30.7 Å². The minimum Gasteiger partial charge on any atom is -0.342 e. The van der Waals surface area contributed by atoms with Gasteiger partial charge in [0.2, 0.25) is 5.91 Å². The van der Waals surface area contributed by atoms with Crippen molar-refractivity contribution in [1.29, 1.82) is 0 Å². The van der Waals surface area contributed by atoms with Crippen molar-refractivity contribution in [2.75, 3.05) is 13.1 Å². The van der Waals surface area contributed by atoms with Gasteiger partial charge in [-0.3, -0.25) is 14.9 Å². The summed E-state index contributed by atoms with van der Waals surface area (Å²) in [7, 11) is 0. The molecule has 2 aliphatic heterocycles. The van der Waals surface area contributed by atoms with Gasteiger partial charge in [0.1, 0.15) is 5.54 Å². The Labute approximate surface area is 144 Å². The van der Waals surface area contributed by atoms with E-state index >= 15 is 0 Å². The smallest absolute Gasteiger partial charge is 0.322 e. The third-order valence-electron chi connectivity index (χ3n) is 5.33. The van der Waals surface area contributed by atoms with E-state index in [1.807, 2.05) is 29.2 Å². The minimum atomic E-state index is -0.830. The first-order valence-electron chi connectivity index (χ1n) is 8.16. The molecule has 2 atom stereocenters. The van der Waals surface area contributed by atoms with Gasteiger partial charge < -0.3 is 10.2 Å². The van der Waals surface area contributed by atoms with Crippen molar-refractivity contribution in [1.82, 2.24) is 15.5 Å². The zero-order valence-corrected chi connectivity index (χ0v) is 13.8. The zero-order valence-electron chi connectivity index (χ0n) is 13.0. The van der Waals surface area contributed by atoms with Crippen LogP contribution in [0.5, 0.6) is 0 Å². The molecule has 0 bridgehead atoms. The summed E-state index contributed by atoms with van der Waals surface area (Å²) in [5, 5.41) is 5.69. The van der Waals surface area contributed by atoms with E-state index in [1.54, 1.807) is 0 Å². The van der Waals surface area contributed by atoms with E-state index in [1.165, 1.54) is 0 Å². The summed E-state index contributed by atoms with van der Waals surface area (Å²) in [5.74, 6) is 0.105. The number of rotatable bonds is 2. The summed E-state index contributed by atoms with van der Waals surface area (Å²) in [6.07, 6.45) is 1.77. The van der Waals surface area contributed by atoms with Gasteiger partial charge >= 0.3 is 6.03 Å². The van der Waals surface area contributed by atoms with Crippen molar-refractivity contribution < 1.29 is 14.4 Å². The quantitative estimate of drug-likeness (QED) is 0.798. The molecule has 1 aromatic carbocycles. The van der Waals surface area contributed by atoms with E-state index in [0.29, 0.717) is 31.0 Å². The Balaban J connectivity index is 1.38. The number of urea groups is 1. The molecule has 4 amide bonds. The summed E-state index contributed by atoms with van der Waals surface area (Å²) < 4.78 is 0. The highest BCUT2D eigenvalue weighted by molar-refractivity contribution is 6.30. The van der Waals surface area contributed by atoms with Gasteiger partial charge in [0.05, 0.1) is 0 Å². The summed E-state index contributed by atoms with van der Waals surface area (Å²) in [6.45, 7) is 0.983. The van der Waals surface area contributed by atoms with Crippen LogP contribution in [0.2, 0.25) is 5.02 Å². The third kappa shape index (κ3) is 2.55. The van der Waals surface area contributed by atoms with E-state index in [0.717, 1.165) is 12.0 Å². The number of likely N-dealkylation sites (tertiary alicyclic amines) is 1. The fourth-order valence-electron chi connectivity index (χ4n) is 3.80. The second-order valence-electron chi connectivity index (χ2n) is 6.82. The zero-order chi connectivity index (χ0) is 16.9. The Bertz CT molecular complexity index is 728. The van der Waals surface area contributed by atoms with Crippen LogP contribution in [0.3, 0.4) is 0 Å². The summed E-state index contributed by atoms with van der Waals surface area (Å²) in [6, 6.07) is 7.22. The van der Waals surface area contributed by atoms with Crippen LogP contribution >= 0.6 is 11.6 Å². The summed E-state index contributed by atoms with van der Waals surface area (Å²) in [4.78, 5) is 37.8. The van der Waals surface area contributed by atoms with Crippen LogP contribution in [0, 0.1) is 5.92 Å². The van der Waals surface area contributed by atoms with Crippen LogP contribution in [-0.2, 0) is 9.59 Å². The van der Waals surface area contributed by atoms with Gasteiger partial charge in [-0.2, -0.15) is 0 Å². The molecule has 2 N–H and O–H groups in total. The molecule has 1 spiro atoms. The van der Waals surface area contributed by atoms with Crippen LogP contribution in [0.15, 0.2) is 24.3 Å². The Hall–Kier alpha value is -2.08. The normalized spacial score (nSPS) is 27.8. The molecule has 1 aliphatic carbocycles. The van der Waals surface area contributed by atoms with Crippen molar-refractivity contribution in [3.05, 3.63) is 34.9 Å². The van der Waals surface area contributed by atoms with Crippen molar-refractivity contribution in [3.63, 3.8) is 0 Å². The van der Waals surface area contributed by atoms with Crippen molar-refractivity contribution in [2.24, 2.45) is 5.92 Å². The van der Waals surface area contributed by atoms with E-state index in [4.69, 9.17) is 11.6 Å². The first kappa shape index (κ1) is 15.4. The van der Waals surface area contributed by atoms with Crippen LogP contribution in [0.25, 0.3) is 0 Å². The molecule has 1 aromatic rings. The van der Waals surface area contributed by atoms with E-state index in [-0.39, 0.29) is 23.7 Å². The highest BCUT2D eigenvalue weighted by atomic mass is 35.5. The standard InChI is InChI=1S/C17H18ClN3O3/c18-11-3-1-2-10(8-11)12-9-13(12)14(22)21-6-4-17(5-7-21)15(23)19-16(24)20-17/h1-3,8,12-13H,4-7,9H2,(H2,19,20,23,24)/t12-,13+/m0/s1. The van der Waals surface area contributed by atoms with E-state index in [9.17, 15) is 14.4 Å². The van der Waals surface area contributed by atoms with E-state index < -0.39 is 11.6 Å². The summed E-state index contributed by atoms with van der Waals surface area (Å²) in [5.41, 5.74) is 0.279. The van der Waals surface area contributed by atoms with Crippen LogP contribution < -0.4 is 10.6 Å². The van der Waals surface area contributed by atoms with Crippen molar-refractivity contribution in [2.45, 2.75) is 30.7 Å². The average molecular weight is 348 g/mol. The molecule has 2 saturated heterocycles. The Morgan fingerprint density at radius 2 is 2.00 bits per heavy atom. The maximum Gasteiger partial charge on any atom is 0.322 e. The first-order valence-corrected chi connectivity index (χ1v) is 8.54. The molecule has 0 unspecified atom stereocenters. The lowest BCUT2D eigenvalue weighted by molar-refractivity contribution is -0.137. The molecule has 3 fully saturated rings. The van der Waals surface area contributed by atoms with Gasteiger partial charge in [-0.1, -0.05) is 23.7 Å². The van der Waals surface area contributed by atoms with Crippen molar-refractivity contribution in [3.8, 4) is 0 Å². The average Bonchev–Trinajstić information content (AvgIpc) is 3.30. The van der Waals surface area contributed by atoms with E-state index in [2.05, 4.69) is 10.6 Å². The fourth-order valence-corrected chi connectivity index (χ4v) is 4.00. The van der Waals surface area contributed by atoms with Crippen molar-refractivity contribution >= 4 is 29.4 Å². The lowest BCUT2D eigenvalue weighted by Gasteiger charge is -2.37. The van der Waals surface area contributed by atoms with Gasteiger partial charge in [-0.15, -0.1) is 0 Å². The molecule has 0 radical (unpaired) electrons. The lowest BCUT2D eigenvalue weighted by atomic mass is 9.87. The minimum absolute atomic E-state index is 0.00418. The Morgan fingerprint density at radius 1 is 1.25 bits per heavy atom. The number of hydrogen-bond donors (Lipinski definition) is 2. The topological polar surface area (TPSA) is 78.5 Å². The van der Waals surface area contributed by atoms with Gasteiger partial charge in [0.25, 0.3) is 5.91 Å². The Kier molecular flexibility index (Phi) is 3.53. The maximum absolute atomic E-state index is 12.7. The molecular formula is C17H18ClN3O3. The highest BCUT2D eigenvalue weighted by Gasteiger charge is 2.51. The monoisotopic (exact) mass is 347 g/mol. The molecule has 7 heteroatoms. The molecule has 24 heavy (non-hydrogen) atoms. The number of amides is 4. The third-order valence-corrected chi connectivity index (χ3v) is 5.56.